The largest absolute Gasteiger partial charge is 0.506 e. The molecule has 0 radical (unpaired) electrons. The monoisotopic (exact) mass is 293 g/mol. The molecule has 4 nitrogen and oxygen atoms in total. The van der Waals surface area contributed by atoms with E-state index in [0.29, 0.717) is 18.5 Å². The van der Waals surface area contributed by atoms with Gasteiger partial charge in [-0.1, -0.05) is 41.5 Å². The maximum absolute atomic E-state index is 11.3. The molecule has 0 spiro atoms. The van der Waals surface area contributed by atoms with Crippen LogP contribution in [0.25, 0.3) is 0 Å². The summed E-state index contributed by atoms with van der Waals surface area (Å²) in [5.74, 6) is 0.0105. The molecule has 1 aromatic rings. The van der Waals surface area contributed by atoms with E-state index >= 15 is 0 Å². The zero-order valence-corrected chi connectivity index (χ0v) is 14.2. The van der Waals surface area contributed by atoms with Crippen LogP contribution in [-0.2, 0) is 26.8 Å². The van der Waals surface area contributed by atoms with Gasteiger partial charge in [0.25, 0.3) is 0 Å². The molecule has 0 unspecified atom stereocenters. The SMILES string of the molecule is COC(=O)CCc1cc(C(C)(C)C)c(O)c(C(C)(C)C)n1. The van der Waals surface area contributed by atoms with Crippen LogP contribution < -0.4 is 0 Å². The van der Waals surface area contributed by atoms with Crippen molar-refractivity contribution < 1.29 is 14.6 Å². The predicted molar refractivity (Wildman–Crippen MR) is 83.6 cm³/mol. The second-order valence-electron chi connectivity index (χ2n) is 7.43. The molecule has 0 amide bonds. The van der Waals surface area contributed by atoms with Gasteiger partial charge in [-0.2, -0.15) is 0 Å². The van der Waals surface area contributed by atoms with Crippen molar-refractivity contribution in [1.82, 2.24) is 4.98 Å². The maximum atomic E-state index is 11.3. The number of methoxy groups -OCH3 is 1. The molecule has 1 heterocycles. The van der Waals surface area contributed by atoms with Crippen LogP contribution in [0.3, 0.4) is 0 Å². The van der Waals surface area contributed by atoms with Gasteiger partial charge in [0, 0.05) is 23.1 Å². The lowest BCUT2D eigenvalue weighted by Gasteiger charge is -2.27. The number of aryl methyl sites for hydroxylation is 1. The average molecular weight is 293 g/mol. The van der Waals surface area contributed by atoms with Crippen LogP contribution in [-0.4, -0.2) is 23.2 Å². The molecule has 0 aliphatic heterocycles. The molecule has 0 aromatic carbocycles. The molecule has 0 saturated carbocycles. The number of carbonyl (C=O) groups is 1. The molecule has 21 heavy (non-hydrogen) atoms. The van der Waals surface area contributed by atoms with E-state index in [-0.39, 0.29) is 22.5 Å². The predicted octanol–water partition coefficient (Wildman–Crippen LogP) is 3.49. The minimum Gasteiger partial charge on any atom is -0.506 e. The molecule has 0 bridgehead atoms. The van der Waals surface area contributed by atoms with Crippen molar-refractivity contribution >= 4 is 5.97 Å². The van der Waals surface area contributed by atoms with Crippen LogP contribution in [0, 0.1) is 0 Å². The fourth-order valence-electron chi connectivity index (χ4n) is 2.15. The van der Waals surface area contributed by atoms with Crippen molar-refractivity contribution in [2.75, 3.05) is 7.11 Å². The standard InChI is InChI=1S/C17H27NO3/c1-16(2,3)12-10-11(8-9-13(19)21-7)18-15(14(12)20)17(4,5)6/h10,20H,8-9H2,1-7H3. The van der Waals surface area contributed by atoms with Crippen LogP contribution in [0.4, 0.5) is 0 Å². The summed E-state index contributed by atoms with van der Waals surface area (Å²) in [6.07, 6.45) is 0.806. The zero-order chi connectivity index (χ0) is 16.4. The Morgan fingerprint density at radius 1 is 1.19 bits per heavy atom. The summed E-state index contributed by atoms with van der Waals surface area (Å²) in [5.41, 5.74) is 1.91. The fraction of sp³-hybridized carbons (Fsp3) is 0.647. The first-order valence-corrected chi connectivity index (χ1v) is 7.27. The minimum atomic E-state index is -0.259. The van der Waals surface area contributed by atoms with Crippen molar-refractivity contribution in [1.29, 1.82) is 0 Å². The Morgan fingerprint density at radius 3 is 2.19 bits per heavy atom. The number of hydrogen-bond donors (Lipinski definition) is 1. The van der Waals surface area contributed by atoms with Gasteiger partial charge in [0.2, 0.25) is 0 Å². The van der Waals surface area contributed by atoms with Gasteiger partial charge in [-0.15, -0.1) is 0 Å². The van der Waals surface area contributed by atoms with Gasteiger partial charge in [-0.05, 0) is 11.5 Å². The van der Waals surface area contributed by atoms with E-state index in [2.05, 4.69) is 30.5 Å². The van der Waals surface area contributed by atoms with Gasteiger partial charge in [0.15, 0.2) is 0 Å². The summed E-state index contributed by atoms with van der Waals surface area (Å²) < 4.78 is 4.67. The highest BCUT2D eigenvalue weighted by molar-refractivity contribution is 5.69. The fourth-order valence-corrected chi connectivity index (χ4v) is 2.15. The van der Waals surface area contributed by atoms with E-state index in [0.717, 1.165) is 11.3 Å². The first-order chi connectivity index (χ1) is 9.46. The van der Waals surface area contributed by atoms with E-state index in [1.165, 1.54) is 7.11 Å². The van der Waals surface area contributed by atoms with Gasteiger partial charge in [-0.25, -0.2) is 0 Å². The van der Waals surface area contributed by atoms with Crippen LogP contribution in [0.5, 0.6) is 5.75 Å². The number of nitrogens with zero attached hydrogens (tertiary/aromatic N) is 1. The van der Waals surface area contributed by atoms with Gasteiger partial charge in [0.05, 0.1) is 19.2 Å². The first-order valence-electron chi connectivity index (χ1n) is 7.27. The molecule has 0 fully saturated rings. The summed E-state index contributed by atoms with van der Waals surface area (Å²) in [7, 11) is 1.38. The molecular weight excluding hydrogens is 266 g/mol. The van der Waals surface area contributed by atoms with Crippen LogP contribution in [0.1, 0.15) is 64.9 Å². The molecule has 0 aliphatic rings. The number of aromatic hydroxyl groups is 1. The van der Waals surface area contributed by atoms with E-state index in [1.54, 1.807) is 0 Å². The number of carbonyl (C=O) groups excluding carboxylic acids is 1. The highest BCUT2D eigenvalue weighted by Crippen LogP contribution is 2.38. The molecule has 0 saturated heterocycles. The topological polar surface area (TPSA) is 59.4 Å². The Bertz CT molecular complexity index is 487. The highest BCUT2D eigenvalue weighted by atomic mass is 16.5. The molecule has 0 aliphatic carbocycles. The quantitative estimate of drug-likeness (QED) is 0.867. The van der Waals surface area contributed by atoms with E-state index in [9.17, 15) is 9.90 Å². The van der Waals surface area contributed by atoms with Crippen molar-refractivity contribution in [3.63, 3.8) is 0 Å². The van der Waals surface area contributed by atoms with Gasteiger partial charge in [0.1, 0.15) is 5.75 Å². The normalized spacial score (nSPS) is 12.3. The molecule has 1 aromatic heterocycles. The molecular formula is C17H27NO3. The average Bonchev–Trinajstić information content (AvgIpc) is 2.34. The maximum Gasteiger partial charge on any atom is 0.305 e. The number of ether oxygens (including phenoxy) is 1. The number of rotatable bonds is 3. The third kappa shape index (κ3) is 4.45. The molecule has 4 heteroatoms. The second-order valence-corrected chi connectivity index (χ2v) is 7.43. The number of hydrogen-bond acceptors (Lipinski definition) is 4. The lowest BCUT2D eigenvalue weighted by Crippen LogP contribution is -2.20. The Balaban J connectivity index is 3.31. The Morgan fingerprint density at radius 2 is 1.76 bits per heavy atom. The van der Waals surface area contributed by atoms with Crippen LogP contribution >= 0.6 is 0 Å². The van der Waals surface area contributed by atoms with Crippen LogP contribution in [0.15, 0.2) is 6.07 Å². The van der Waals surface area contributed by atoms with Crippen molar-refractivity contribution in [2.45, 2.75) is 65.2 Å². The van der Waals surface area contributed by atoms with Crippen molar-refractivity contribution in [2.24, 2.45) is 0 Å². The Labute approximate surface area is 127 Å². The van der Waals surface area contributed by atoms with Gasteiger partial charge >= 0.3 is 5.97 Å². The Kier molecular flexibility index (Phi) is 5.03. The third-order valence-electron chi connectivity index (χ3n) is 3.38. The second kappa shape index (κ2) is 6.04. The Hall–Kier alpha value is -1.58. The summed E-state index contributed by atoms with van der Waals surface area (Å²) in [6.45, 7) is 12.2. The third-order valence-corrected chi connectivity index (χ3v) is 3.38. The summed E-state index contributed by atoms with van der Waals surface area (Å²) in [4.78, 5) is 15.9. The zero-order valence-electron chi connectivity index (χ0n) is 14.2. The van der Waals surface area contributed by atoms with E-state index in [1.807, 2.05) is 26.8 Å². The van der Waals surface area contributed by atoms with Crippen molar-refractivity contribution in [3.05, 3.63) is 23.0 Å². The summed E-state index contributed by atoms with van der Waals surface area (Å²) in [5, 5.41) is 10.6. The lowest BCUT2D eigenvalue weighted by molar-refractivity contribution is -0.140. The van der Waals surface area contributed by atoms with Crippen LogP contribution in [0.2, 0.25) is 0 Å². The number of aromatic nitrogens is 1. The lowest BCUT2D eigenvalue weighted by atomic mass is 9.82. The van der Waals surface area contributed by atoms with Gasteiger partial charge < -0.3 is 9.84 Å². The number of pyridine rings is 1. The molecule has 1 N–H and O–H groups in total. The molecule has 1 rings (SSSR count). The minimum absolute atomic E-state index is 0.187. The van der Waals surface area contributed by atoms with E-state index < -0.39 is 0 Å². The molecule has 0 atom stereocenters. The first kappa shape index (κ1) is 17.5. The summed E-state index contributed by atoms with van der Waals surface area (Å²) >= 11 is 0. The highest BCUT2D eigenvalue weighted by Gasteiger charge is 2.27. The summed E-state index contributed by atoms with van der Waals surface area (Å²) in [6, 6.07) is 1.90. The van der Waals surface area contributed by atoms with Crippen molar-refractivity contribution in [3.8, 4) is 5.75 Å². The smallest absolute Gasteiger partial charge is 0.305 e. The van der Waals surface area contributed by atoms with E-state index in [4.69, 9.17) is 0 Å². The number of esters is 1. The molecule has 118 valence electrons. The van der Waals surface area contributed by atoms with Gasteiger partial charge in [-0.3, -0.25) is 9.78 Å².